The number of ether oxygens (including phenoxy) is 1. The van der Waals surface area contributed by atoms with Crippen molar-refractivity contribution in [2.45, 2.75) is 39.0 Å². The predicted molar refractivity (Wildman–Crippen MR) is 96.5 cm³/mol. The predicted octanol–water partition coefficient (Wildman–Crippen LogP) is 3.49. The molecule has 1 aliphatic heterocycles. The van der Waals surface area contributed by atoms with Crippen LogP contribution in [-0.2, 0) is 4.74 Å². The van der Waals surface area contributed by atoms with Gasteiger partial charge in [-0.25, -0.2) is 14.8 Å². The lowest BCUT2D eigenvalue weighted by atomic mass is 10.1. The first-order chi connectivity index (χ1) is 12.3. The van der Waals surface area contributed by atoms with Gasteiger partial charge in [0.1, 0.15) is 11.4 Å². The zero-order chi connectivity index (χ0) is 17.5. The van der Waals surface area contributed by atoms with Crippen LogP contribution in [0.15, 0.2) is 30.7 Å². The number of esters is 1. The van der Waals surface area contributed by atoms with Crippen molar-refractivity contribution >= 4 is 11.8 Å². The first-order valence-corrected chi connectivity index (χ1v) is 8.99. The van der Waals surface area contributed by atoms with E-state index in [2.05, 4.69) is 14.9 Å². The molecule has 0 aliphatic carbocycles. The fourth-order valence-electron chi connectivity index (χ4n) is 3.07. The molecule has 6 nitrogen and oxygen atoms in total. The minimum absolute atomic E-state index is 0.338. The van der Waals surface area contributed by atoms with Crippen LogP contribution >= 0.6 is 0 Å². The van der Waals surface area contributed by atoms with Gasteiger partial charge in [-0.15, -0.1) is 0 Å². The zero-order valence-corrected chi connectivity index (χ0v) is 14.6. The maximum atomic E-state index is 12.4. The average Bonchev–Trinajstić information content (AvgIpc) is 2.62. The minimum atomic E-state index is -0.360. The molecule has 3 heterocycles. The van der Waals surface area contributed by atoms with Gasteiger partial charge in [0.05, 0.1) is 6.61 Å². The van der Waals surface area contributed by atoms with Crippen LogP contribution in [0.4, 0.5) is 5.82 Å². The van der Waals surface area contributed by atoms with E-state index in [0.717, 1.165) is 31.5 Å². The summed E-state index contributed by atoms with van der Waals surface area (Å²) in [5, 5.41) is 0. The van der Waals surface area contributed by atoms with Crippen molar-refractivity contribution in [3.63, 3.8) is 0 Å². The molecule has 132 valence electrons. The smallest absolute Gasteiger partial charge is 0.343 e. The van der Waals surface area contributed by atoms with E-state index in [9.17, 15) is 4.79 Å². The van der Waals surface area contributed by atoms with Gasteiger partial charge in [0, 0.05) is 37.2 Å². The van der Waals surface area contributed by atoms with E-state index in [1.165, 1.54) is 19.3 Å². The van der Waals surface area contributed by atoms with E-state index in [4.69, 9.17) is 9.72 Å². The van der Waals surface area contributed by atoms with E-state index in [0.29, 0.717) is 23.8 Å². The van der Waals surface area contributed by atoms with Crippen molar-refractivity contribution < 1.29 is 9.53 Å². The highest BCUT2D eigenvalue weighted by Crippen LogP contribution is 2.25. The van der Waals surface area contributed by atoms with E-state index >= 15 is 0 Å². The Morgan fingerprint density at radius 1 is 1.12 bits per heavy atom. The topological polar surface area (TPSA) is 68.2 Å². The fraction of sp³-hybridized carbons (Fsp3) is 0.474. The third-order valence-electron chi connectivity index (χ3n) is 4.36. The van der Waals surface area contributed by atoms with Crippen LogP contribution in [0.3, 0.4) is 0 Å². The molecule has 1 aliphatic rings. The summed E-state index contributed by atoms with van der Waals surface area (Å²) in [6, 6.07) is 3.74. The summed E-state index contributed by atoms with van der Waals surface area (Å²) in [4.78, 5) is 27.7. The van der Waals surface area contributed by atoms with Crippen molar-refractivity contribution in [1.82, 2.24) is 15.0 Å². The van der Waals surface area contributed by atoms with Gasteiger partial charge >= 0.3 is 5.97 Å². The summed E-state index contributed by atoms with van der Waals surface area (Å²) in [6.07, 6.45) is 11.0. The number of hydrogen-bond donors (Lipinski definition) is 0. The Kier molecular flexibility index (Phi) is 5.93. The molecule has 0 saturated carbocycles. The van der Waals surface area contributed by atoms with Gasteiger partial charge in [-0.1, -0.05) is 19.3 Å². The summed E-state index contributed by atoms with van der Waals surface area (Å²) in [5.74, 6) is 0.926. The molecule has 0 bridgehead atoms. The van der Waals surface area contributed by atoms with Gasteiger partial charge in [-0.3, -0.25) is 4.98 Å². The van der Waals surface area contributed by atoms with E-state index in [1.54, 1.807) is 25.5 Å². The summed E-state index contributed by atoms with van der Waals surface area (Å²) in [5.41, 5.74) is 1.33. The molecular formula is C19H24N4O2. The van der Waals surface area contributed by atoms with Crippen molar-refractivity contribution in [2.75, 3.05) is 24.6 Å². The van der Waals surface area contributed by atoms with Crippen LogP contribution in [0.5, 0.6) is 0 Å². The largest absolute Gasteiger partial charge is 0.462 e. The quantitative estimate of drug-likeness (QED) is 0.794. The molecule has 25 heavy (non-hydrogen) atoms. The fourth-order valence-corrected chi connectivity index (χ4v) is 3.07. The number of rotatable bonds is 4. The SMILES string of the molecule is CCOC(=O)c1cnc(-c2ccncc2)nc1N1CCCCCCC1. The van der Waals surface area contributed by atoms with Crippen molar-refractivity contribution in [3.8, 4) is 11.4 Å². The molecule has 0 N–H and O–H groups in total. The molecule has 1 fully saturated rings. The first kappa shape index (κ1) is 17.3. The Bertz CT molecular complexity index is 698. The Morgan fingerprint density at radius 3 is 2.48 bits per heavy atom. The summed E-state index contributed by atoms with van der Waals surface area (Å²) < 4.78 is 5.21. The van der Waals surface area contributed by atoms with Crippen molar-refractivity contribution in [3.05, 3.63) is 36.3 Å². The van der Waals surface area contributed by atoms with Gasteiger partial charge in [-0.05, 0) is 31.9 Å². The Labute approximate surface area is 148 Å². The van der Waals surface area contributed by atoms with Crippen LogP contribution in [-0.4, -0.2) is 40.6 Å². The average molecular weight is 340 g/mol. The first-order valence-electron chi connectivity index (χ1n) is 8.99. The number of pyridine rings is 1. The number of carbonyl (C=O) groups excluding carboxylic acids is 1. The van der Waals surface area contributed by atoms with E-state index in [1.807, 2.05) is 12.1 Å². The second-order valence-corrected chi connectivity index (χ2v) is 6.14. The summed E-state index contributed by atoms with van der Waals surface area (Å²) in [7, 11) is 0. The molecule has 0 radical (unpaired) electrons. The zero-order valence-electron chi connectivity index (χ0n) is 14.6. The minimum Gasteiger partial charge on any atom is -0.462 e. The highest BCUT2D eigenvalue weighted by atomic mass is 16.5. The molecule has 0 spiro atoms. The molecule has 3 rings (SSSR count). The summed E-state index contributed by atoms with van der Waals surface area (Å²) in [6.45, 7) is 3.95. The number of nitrogens with zero attached hydrogens (tertiary/aromatic N) is 4. The van der Waals surface area contributed by atoms with E-state index < -0.39 is 0 Å². The van der Waals surface area contributed by atoms with Gasteiger partial charge in [-0.2, -0.15) is 0 Å². The molecule has 6 heteroatoms. The lowest BCUT2D eigenvalue weighted by Crippen LogP contribution is -2.30. The van der Waals surface area contributed by atoms with Crippen LogP contribution in [0.25, 0.3) is 11.4 Å². The Morgan fingerprint density at radius 2 is 1.80 bits per heavy atom. The Balaban J connectivity index is 1.99. The molecular weight excluding hydrogens is 316 g/mol. The second-order valence-electron chi connectivity index (χ2n) is 6.14. The van der Waals surface area contributed by atoms with Crippen molar-refractivity contribution in [1.29, 1.82) is 0 Å². The van der Waals surface area contributed by atoms with Crippen LogP contribution in [0, 0.1) is 0 Å². The molecule has 0 aromatic carbocycles. The standard InChI is InChI=1S/C19H24N4O2/c1-2-25-19(24)16-14-21-17(15-8-10-20-11-9-15)22-18(16)23-12-6-4-3-5-7-13-23/h8-11,14H,2-7,12-13H2,1H3. The van der Waals surface area contributed by atoms with Gasteiger partial charge < -0.3 is 9.64 Å². The van der Waals surface area contributed by atoms with Crippen LogP contribution in [0.1, 0.15) is 49.4 Å². The number of aromatic nitrogens is 3. The lowest BCUT2D eigenvalue weighted by Gasteiger charge is -2.27. The maximum absolute atomic E-state index is 12.4. The highest BCUT2D eigenvalue weighted by Gasteiger charge is 2.21. The lowest BCUT2D eigenvalue weighted by molar-refractivity contribution is 0.0526. The molecule has 0 unspecified atom stereocenters. The summed E-state index contributed by atoms with van der Waals surface area (Å²) >= 11 is 0. The molecule has 2 aromatic rings. The Hall–Kier alpha value is -2.50. The second kappa shape index (κ2) is 8.55. The highest BCUT2D eigenvalue weighted by molar-refractivity contribution is 5.94. The number of anilines is 1. The number of carbonyl (C=O) groups is 1. The van der Waals surface area contributed by atoms with Crippen molar-refractivity contribution in [2.24, 2.45) is 0 Å². The van der Waals surface area contributed by atoms with E-state index in [-0.39, 0.29) is 5.97 Å². The molecule has 2 aromatic heterocycles. The molecule has 0 atom stereocenters. The molecule has 0 amide bonds. The normalized spacial score (nSPS) is 15.3. The third kappa shape index (κ3) is 4.32. The third-order valence-corrected chi connectivity index (χ3v) is 4.36. The van der Waals surface area contributed by atoms with Crippen LogP contribution in [0.2, 0.25) is 0 Å². The van der Waals surface area contributed by atoms with Crippen LogP contribution < -0.4 is 4.90 Å². The number of hydrogen-bond acceptors (Lipinski definition) is 6. The van der Waals surface area contributed by atoms with Gasteiger partial charge in [0.15, 0.2) is 5.82 Å². The monoisotopic (exact) mass is 340 g/mol. The molecule has 1 saturated heterocycles. The van der Waals surface area contributed by atoms with Gasteiger partial charge in [0.25, 0.3) is 0 Å². The maximum Gasteiger partial charge on any atom is 0.343 e. The van der Waals surface area contributed by atoms with Gasteiger partial charge in [0.2, 0.25) is 0 Å².